The monoisotopic (exact) mass is 456 g/mol. The zero-order valence-corrected chi connectivity index (χ0v) is 18.2. The molecule has 4 aromatic rings. The molecule has 0 radical (unpaired) electrons. The van der Waals surface area contributed by atoms with Crippen LogP contribution in [0.1, 0.15) is 11.1 Å². The van der Waals surface area contributed by atoms with Crippen molar-refractivity contribution in [3.05, 3.63) is 77.5 Å². The third-order valence-corrected chi connectivity index (χ3v) is 5.90. The zero-order chi connectivity index (χ0) is 22.5. The maximum atomic E-state index is 13.9. The molecule has 2 N–H and O–H groups in total. The summed E-state index contributed by atoms with van der Waals surface area (Å²) in [7, 11) is 1.52. The lowest BCUT2D eigenvalue weighted by Gasteiger charge is -2.21. The number of hydrogen-bond acceptors (Lipinski definition) is 7. The van der Waals surface area contributed by atoms with Gasteiger partial charge in [-0.1, -0.05) is 23.5 Å². The molecule has 0 spiro atoms. The van der Waals surface area contributed by atoms with Gasteiger partial charge in [-0.25, -0.2) is 18.7 Å². The Hall–Kier alpha value is -3.30. The van der Waals surface area contributed by atoms with Gasteiger partial charge in [0.05, 0.1) is 12.7 Å². The fourth-order valence-corrected chi connectivity index (χ4v) is 4.20. The number of halogens is 2. The normalized spacial score (nSPS) is 11.0. The number of methoxy groups -OCH3 is 1. The second-order valence-electron chi connectivity index (χ2n) is 7.01. The Balaban J connectivity index is 1.53. The van der Waals surface area contributed by atoms with Gasteiger partial charge in [0.15, 0.2) is 16.6 Å². The van der Waals surface area contributed by atoms with Gasteiger partial charge in [0, 0.05) is 25.8 Å². The van der Waals surface area contributed by atoms with E-state index in [0.717, 1.165) is 21.0 Å². The van der Waals surface area contributed by atoms with Crippen molar-refractivity contribution in [1.82, 2.24) is 9.97 Å². The minimum Gasteiger partial charge on any atom is -0.493 e. The lowest BCUT2D eigenvalue weighted by Crippen LogP contribution is -2.28. The van der Waals surface area contributed by atoms with Gasteiger partial charge in [0.1, 0.15) is 28.6 Å². The van der Waals surface area contributed by atoms with Crippen molar-refractivity contribution in [2.75, 3.05) is 25.1 Å². The van der Waals surface area contributed by atoms with E-state index in [0.29, 0.717) is 31.1 Å². The molecule has 4 rings (SSSR count). The number of nitrogens with zero attached hydrogens (tertiary/aromatic N) is 3. The highest BCUT2D eigenvalue weighted by Crippen LogP contribution is 2.32. The fraction of sp³-hybridized carbons (Fsp3) is 0.217. The number of ether oxygens (including phenoxy) is 2. The Labute approximate surface area is 188 Å². The van der Waals surface area contributed by atoms with Crippen molar-refractivity contribution in [3.63, 3.8) is 0 Å². The molecule has 0 atom stereocenters. The molecule has 2 aromatic carbocycles. The zero-order valence-electron chi connectivity index (χ0n) is 17.4. The Bertz CT molecular complexity index is 1160. The topological polar surface area (TPSA) is 73.5 Å². The molecule has 0 aliphatic carbocycles. The van der Waals surface area contributed by atoms with Gasteiger partial charge in [-0.3, -0.25) is 0 Å². The van der Waals surface area contributed by atoms with Crippen LogP contribution in [0.5, 0.6) is 11.5 Å². The quantitative estimate of drug-likeness (QED) is 0.399. The van der Waals surface area contributed by atoms with Gasteiger partial charge < -0.3 is 20.1 Å². The standard InChI is InChI=1S/C23H22F2N4O2S/c1-30-21-12-15(7-8-20(21)31-14-16-17(24)4-2-5-18(16)25)13-29(11-9-26)23-28-19-6-3-10-27-22(19)32-23/h2-8,10,12H,9,11,13-14,26H2,1H3. The van der Waals surface area contributed by atoms with Crippen LogP contribution in [-0.2, 0) is 13.2 Å². The molecule has 6 nitrogen and oxygen atoms in total. The summed E-state index contributed by atoms with van der Waals surface area (Å²) < 4.78 is 38.9. The van der Waals surface area contributed by atoms with E-state index in [1.54, 1.807) is 12.3 Å². The SMILES string of the molecule is COc1cc(CN(CCN)c2nc3cccnc3s2)ccc1OCc1c(F)cccc1F. The molecule has 0 amide bonds. The molecule has 0 saturated carbocycles. The average molecular weight is 457 g/mol. The van der Waals surface area contributed by atoms with E-state index in [-0.39, 0.29) is 12.2 Å². The minimum absolute atomic E-state index is 0.128. The van der Waals surface area contributed by atoms with Crippen LogP contribution in [0.3, 0.4) is 0 Å². The second kappa shape index (κ2) is 9.88. The number of nitrogens with two attached hydrogens (primary N) is 1. The smallest absolute Gasteiger partial charge is 0.188 e. The predicted molar refractivity (Wildman–Crippen MR) is 121 cm³/mol. The molecule has 9 heteroatoms. The van der Waals surface area contributed by atoms with E-state index in [1.165, 1.54) is 36.6 Å². The molecule has 0 fully saturated rings. The number of benzene rings is 2. The molecule has 0 bridgehead atoms. The predicted octanol–water partition coefficient (Wildman–Crippen LogP) is 4.52. The molecular weight excluding hydrogens is 434 g/mol. The van der Waals surface area contributed by atoms with Crippen LogP contribution in [0, 0.1) is 11.6 Å². The highest BCUT2D eigenvalue weighted by atomic mass is 32.1. The highest BCUT2D eigenvalue weighted by molar-refractivity contribution is 7.21. The van der Waals surface area contributed by atoms with Gasteiger partial charge in [-0.15, -0.1) is 0 Å². The molecule has 0 aliphatic heterocycles. The van der Waals surface area contributed by atoms with E-state index >= 15 is 0 Å². The summed E-state index contributed by atoms with van der Waals surface area (Å²) in [5.41, 5.74) is 7.49. The summed E-state index contributed by atoms with van der Waals surface area (Å²) in [6.45, 7) is 1.39. The number of aromatic nitrogens is 2. The van der Waals surface area contributed by atoms with Gasteiger partial charge in [0.25, 0.3) is 0 Å². The first-order valence-corrected chi connectivity index (χ1v) is 10.8. The van der Waals surface area contributed by atoms with Crippen molar-refractivity contribution in [3.8, 4) is 11.5 Å². The van der Waals surface area contributed by atoms with Crippen LogP contribution in [0.15, 0.2) is 54.7 Å². The second-order valence-corrected chi connectivity index (χ2v) is 7.96. The van der Waals surface area contributed by atoms with E-state index < -0.39 is 11.6 Å². The molecule has 166 valence electrons. The maximum Gasteiger partial charge on any atom is 0.188 e. The average Bonchev–Trinajstić information content (AvgIpc) is 3.23. The summed E-state index contributed by atoms with van der Waals surface area (Å²) in [5.74, 6) is -0.432. The molecule has 2 heterocycles. The summed E-state index contributed by atoms with van der Waals surface area (Å²) in [6, 6.07) is 12.9. The van der Waals surface area contributed by atoms with Gasteiger partial charge in [-0.05, 0) is 42.0 Å². The Morgan fingerprint density at radius 3 is 2.59 bits per heavy atom. The molecule has 0 aliphatic rings. The lowest BCUT2D eigenvalue weighted by atomic mass is 10.2. The van der Waals surface area contributed by atoms with Gasteiger partial charge >= 0.3 is 0 Å². The Morgan fingerprint density at radius 1 is 1.06 bits per heavy atom. The number of fused-ring (bicyclic) bond motifs is 1. The number of hydrogen-bond donors (Lipinski definition) is 1. The van der Waals surface area contributed by atoms with Crippen molar-refractivity contribution in [2.24, 2.45) is 5.73 Å². The number of anilines is 1. The van der Waals surface area contributed by atoms with Gasteiger partial charge in [-0.2, -0.15) is 0 Å². The van der Waals surface area contributed by atoms with Crippen molar-refractivity contribution >= 4 is 26.8 Å². The van der Waals surface area contributed by atoms with Crippen LogP contribution >= 0.6 is 11.3 Å². The molecule has 0 saturated heterocycles. The third kappa shape index (κ3) is 4.79. The summed E-state index contributed by atoms with van der Waals surface area (Å²) >= 11 is 1.51. The van der Waals surface area contributed by atoms with Crippen LogP contribution in [0.2, 0.25) is 0 Å². The molecular formula is C23H22F2N4O2S. The number of pyridine rings is 1. The van der Waals surface area contributed by atoms with Crippen LogP contribution in [0.4, 0.5) is 13.9 Å². The fourth-order valence-electron chi connectivity index (χ4n) is 3.26. The van der Waals surface area contributed by atoms with Crippen molar-refractivity contribution in [2.45, 2.75) is 13.2 Å². The Kier molecular flexibility index (Phi) is 6.77. The molecule has 0 unspecified atom stereocenters. The van der Waals surface area contributed by atoms with E-state index in [2.05, 4.69) is 14.9 Å². The first-order chi connectivity index (χ1) is 15.6. The maximum absolute atomic E-state index is 13.9. The molecule has 2 aromatic heterocycles. The van der Waals surface area contributed by atoms with Gasteiger partial charge in [0.2, 0.25) is 0 Å². The van der Waals surface area contributed by atoms with Crippen LogP contribution in [-0.4, -0.2) is 30.2 Å². The van der Waals surface area contributed by atoms with Crippen molar-refractivity contribution in [1.29, 1.82) is 0 Å². The largest absolute Gasteiger partial charge is 0.493 e. The van der Waals surface area contributed by atoms with E-state index in [4.69, 9.17) is 15.2 Å². The Morgan fingerprint density at radius 2 is 1.88 bits per heavy atom. The van der Waals surface area contributed by atoms with E-state index in [1.807, 2.05) is 24.3 Å². The van der Waals surface area contributed by atoms with E-state index in [9.17, 15) is 8.78 Å². The minimum atomic E-state index is -0.650. The number of rotatable bonds is 9. The highest BCUT2D eigenvalue weighted by Gasteiger charge is 2.15. The number of thiazole rings is 1. The van der Waals surface area contributed by atoms with Crippen molar-refractivity contribution < 1.29 is 18.3 Å². The molecule has 32 heavy (non-hydrogen) atoms. The first-order valence-electron chi connectivity index (χ1n) is 9.98. The summed E-state index contributed by atoms with van der Waals surface area (Å²) in [6.07, 6.45) is 1.74. The summed E-state index contributed by atoms with van der Waals surface area (Å²) in [5, 5.41) is 0.832. The van der Waals surface area contributed by atoms with Crippen LogP contribution < -0.4 is 20.1 Å². The first kappa shape index (κ1) is 21.9. The third-order valence-electron chi connectivity index (χ3n) is 4.86. The summed E-state index contributed by atoms with van der Waals surface area (Å²) in [4.78, 5) is 12.0. The van der Waals surface area contributed by atoms with Crippen LogP contribution in [0.25, 0.3) is 10.3 Å². The lowest BCUT2D eigenvalue weighted by molar-refractivity contribution is 0.274.